The molecule has 0 fully saturated rings. The van der Waals surface area contributed by atoms with Crippen LogP contribution in [0, 0.1) is 0 Å². The van der Waals surface area contributed by atoms with Gasteiger partial charge in [-0.05, 0) is 35.9 Å². The molecule has 0 radical (unpaired) electrons. The van der Waals surface area contributed by atoms with Crippen molar-refractivity contribution in [3.05, 3.63) is 95.6 Å². The highest BCUT2D eigenvalue weighted by Crippen LogP contribution is 2.32. The zero-order valence-corrected chi connectivity index (χ0v) is 22.9. The van der Waals surface area contributed by atoms with Crippen LogP contribution in [0.4, 0.5) is 29.3 Å². The monoisotopic (exact) mass is 590 g/mol. The number of hydrogen-bond donors (Lipinski definition) is 2. The molecule has 9 nitrogen and oxygen atoms in total. The molecule has 0 spiro atoms. The van der Waals surface area contributed by atoms with Crippen LogP contribution in [0.15, 0.2) is 78.9 Å². The zero-order chi connectivity index (χ0) is 30.0. The number of alkyl carbamates (subject to hydrolysis) is 1. The first kappa shape index (κ1) is 32.4. The summed E-state index contributed by atoms with van der Waals surface area (Å²) >= 11 is 0. The van der Waals surface area contributed by atoms with E-state index in [4.69, 9.17) is 23.7 Å². The van der Waals surface area contributed by atoms with Gasteiger partial charge in [-0.2, -0.15) is 13.2 Å². The second-order valence-corrected chi connectivity index (χ2v) is 8.71. The Morgan fingerprint density at radius 1 is 0.690 bits per heavy atom. The number of alkyl halides is 3. The van der Waals surface area contributed by atoms with E-state index in [-0.39, 0.29) is 37.7 Å². The number of amides is 1. The minimum Gasteiger partial charge on any atom is -0.460 e. The molecule has 42 heavy (non-hydrogen) atoms. The first-order chi connectivity index (χ1) is 20.3. The summed E-state index contributed by atoms with van der Waals surface area (Å²) in [5.74, 6) is -0.638. The molecule has 0 unspecified atom stereocenters. The van der Waals surface area contributed by atoms with Gasteiger partial charge in [0, 0.05) is 12.2 Å². The molecule has 0 bridgehead atoms. The van der Waals surface area contributed by atoms with E-state index in [0.29, 0.717) is 38.7 Å². The Labute approximate surface area is 241 Å². The summed E-state index contributed by atoms with van der Waals surface area (Å²) in [5.41, 5.74) is 0.789. The number of halogens is 3. The van der Waals surface area contributed by atoms with Crippen LogP contribution in [0.1, 0.15) is 21.5 Å². The van der Waals surface area contributed by atoms with Crippen molar-refractivity contribution in [3.8, 4) is 0 Å². The van der Waals surface area contributed by atoms with Crippen molar-refractivity contribution in [2.75, 3.05) is 58.1 Å². The van der Waals surface area contributed by atoms with Crippen molar-refractivity contribution in [1.82, 2.24) is 5.32 Å². The minimum absolute atomic E-state index is 0.0133. The average molecular weight is 591 g/mol. The van der Waals surface area contributed by atoms with Crippen LogP contribution in [-0.4, -0.2) is 64.9 Å². The Kier molecular flexibility index (Phi) is 13.6. The summed E-state index contributed by atoms with van der Waals surface area (Å²) < 4.78 is 65.5. The molecule has 0 heterocycles. The maximum Gasteiger partial charge on any atom is 0.416 e. The van der Waals surface area contributed by atoms with Gasteiger partial charge in [-0.15, -0.1) is 0 Å². The molecule has 0 aromatic heterocycles. The Bertz CT molecular complexity index is 1240. The van der Waals surface area contributed by atoms with E-state index >= 15 is 0 Å². The molecule has 0 aliphatic rings. The number of benzene rings is 3. The third-order valence-electron chi connectivity index (χ3n) is 5.55. The number of rotatable bonds is 17. The Balaban J connectivity index is 1.20. The Morgan fingerprint density at radius 2 is 1.33 bits per heavy atom. The van der Waals surface area contributed by atoms with Gasteiger partial charge in [-0.3, -0.25) is 0 Å². The predicted octanol–water partition coefficient (Wildman–Crippen LogP) is 5.58. The zero-order valence-electron chi connectivity index (χ0n) is 22.9. The standard InChI is InChI=1S/C30H33F3N2O7/c31-30(32,33)24-9-6-10-25(21-24)35-27-12-5-4-11-26(27)28(36)41-20-19-40-18-17-39-16-15-38-14-13-34-29(37)42-22-23-7-2-1-3-8-23/h1-12,21,35H,13-20,22H2,(H,34,37). The molecular weight excluding hydrogens is 557 g/mol. The van der Waals surface area contributed by atoms with Crippen molar-refractivity contribution in [2.45, 2.75) is 12.8 Å². The largest absolute Gasteiger partial charge is 0.460 e. The molecular formula is C30H33F3N2O7. The molecule has 0 atom stereocenters. The summed E-state index contributed by atoms with van der Waals surface area (Å²) in [6.45, 7) is 2.21. The van der Waals surface area contributed by atoms with Gasteiger partial charge in [-0.1, -0.05) is 48.5 Å². The third-order valence-corrected chi connectivity index (χ3v) is 5.55. The quantitative estimate of drug-likeness (QED) is 0.155. The normalized spacial score (nSPS) is 11.1. The van der Waals surface area contributed by atoms with Crippen molar-refractivity contribution < 1.29 is 46.4 Å². The lowest BCUT2D eigenvalue weighted by molar-refractivity contribution is -0.137. The van der Waals surface area contributed by atoms with Crippen LogP contribution >= 0.6 is 0 Å². The molecule has 0 saturated heterocycles. The van der Waals surface area contributed by atoms with Crippen molar-refractivity contribution >= 4 is 23.4 Å². The number of nitrogens with one attached hydrogen (secondary N) is 2. The summed E-state index contributed by atoms with van der Waals surface area (Å²) in [5, 5.41) is 5.44. The van der Waals surface area contributed by atoms with E-state index in [1.807, 2.05) is 30.3 Å². The van der Waals surface area contributed by atoms with Crippen molar-refractivity contribution in [3.63, 3.8) is 0 Å². The number of hydrogen-bond acceptors (Lipinski definition) is 8. The van der Waals surface area contributed by atoms with E-state index < -0.39 is 23.8 Å². The fourth-order valence-electron chi connectivity index (χ4n) is 3.51. The van der Waals surface area contributed by atoms with Crippen molar-refractivity contribution in [1.29, 1.82) is 0 Å². The van der Waals surface area contributed by atoms with Crippen LogP contribution in [0.25, 0.3) is 0 Å². The lowest BCUT2D eigenvalue weighted by Crippen LogP contribution is -2.28. The van der Waals surface area contributed by atoms with Gasteiger partial charge < -0.3 is 34.3 Å². The number of anilines is 2. The summed E-state index contributed by atoms with van der Waals surface area (Å²) in [4.78, 5) is 24.2. The predicted molar refractivity (Wildman–Crippen MR) is 149 cm³/mol. The van der Waals surface area contributed by atoms with Gasteiger partial charge in [0.25, 0.3) is 0 Å². The van der Waals surface area contributed by atoms with Crippen molar-refractivity contribution in [2.24, 2.45) is 0 Å². The summed E-state index contributed by atoms with van der Waals surface area (Å²) in [7, 11) is 0. The molecule has 1 amide bonds. The van der Waals surface area contributed by atoms with Gasteiger partial charge in [0.1, 0.15) is 13.2 Å². The Hall–Kier alpha value is -4.13. The van der Waals surface area contributed by atoms with E-state index in [9.17, 15) is 22.8 Å². The molecule has 2 N–H and O–H groups in total. The van der Waals surface area contributed by atoms with Crippen LogP contribution < -0.4 is 10.6 Å². The summed E-state index contributed by atoms with van der Waals surface area (Å²) in [6, 6.07) is 20.4. The van der Waals surface area contributed by atoms with E-state index in [0.717, 1.165) is 17.7 Å². The molecule has 0 saturated carbocycles. The van der Waals surface area contributed by atoms with Crippen LogP contribution in [0.2, 0.25) is 0 Å². The van der Waals surface area contributed by atoms with Gasteiger partial charge in [0.15, 0.2) is 0 Å². The average Bonchev–Trinajstić information content (AvgIpc) is 2.99. The molecule has 3 rings (SSSR count). The molecule has 0 aliphatic heterocycles. The van der Waals surface area contributed by atoms with Gasteiger partial charge >= 0.3 is 18.2 Å². The second-order valence-electron chi connectivity index (χ2n) is 8.71. The highest BCUT2D eigenvalue weighted by Gasteiger charge is 2.30. The fourth-order valence-corrected chi connectivity index (χ4v) is 3.51. The molecule has 3 aromatic rings. The van der Waals surface area contributed by atoms with E-state index in [1.165, 1.54) is 18.2 Å². The van der Waals surface area contributed by atoms with Crippen LogP contribution in [-0.2, 0) is 36.5 Å². The first-order valence-corrected chi connectivity index (χ1v) is 13.2. The lowest BCUT2D eigenvalue weighted by atomic mass is 10.1. The maximum atomic E-state index is 13.0. The minimum atomic E-state index is -4.48. The SMILES string of the molecule is O=C(NCCOCCOCCOCCOC(=O)c1ccccc1Nc1cccc(C(F)(F)F)c1)OCc1ccccc1. The highest BCUT2D eigenvalue weighted by molar-refractivity contribution is 5.96. The number of carbonyl (C=O) groups is 2. The number of esters is 1. The van der Waals surface area contributed by atoms with Gasteiger partial charge in [0.2, 0.25) is 0 Å². The van der Waals surface area contributed by atoms with Crippen LogP contribution in [0.5, 0.6) is 0 Å². The molecule has 226 valence electrons. The highest BCUT2D eigenvalue weighted by atomic mass is 19.4. The maximum absolute atomic E-state index is 13.0. The number of ether oxygens (including phenoxy) is 5. The smallest absolute Gasteiger partial charge is 0.416 e. The third kappa shape index (κ3) is 12.2. The van der Waals surface area contributed by atoms with Gasteiger partial charge in [-0.25, -0.2) is 9.59 Å². The summed E-state index contributed by atoms with van der Waals surface area (Å²) in [6.07, 6.45) is -4.99. The van der Waals surface area contributed by atoms with E-state index in [2.05, 4.69) is 10.6 Å². The number of carbonyl (C=O) groups excluding carboxylic acids is 2. The molecule has 12 heteroatoms. The van der Waals surface area contributed by atoms with Crippen LogP contribution in [0.3, 0.4) is 0 Å². The van der Waals surface area contributed by atoms with Gasteiger partial charge in [0.05, 0.1) is 56.5 Å². The lowest BCUT2D eigenvalue weighted by Gasteiger charge is -2.13. The topological polar surface area (TPSA) is 104 Å². The second kappa shape index (κ2) is 17.6. The molecule has 3 aromatic carbocycles. The fraction of sp³-hybridized carbons (Fsp3) is 0.333. The van der Waals surface area contributed by atoms with E-state index in [1.54, 1.807) is 18.2 Å². The molecule has 0 aliphatic carbocycles. The number of para-hydroxylation sites is 1. The Morgan fingerprint density at radius 3 is 2.05 bits per heavy atom. The first-order valence-electron chi connectivity index (χ1n) is 13.2.